The number of benzene rings is 4. The van der Waals surface area contributed by atoms with Crippen LogP contribution in [0.25, 0.3) is 60.6 Å². The Balaban J connectivity index is 1.60. The predicted octanol–water partition coefficient (Wildman–Crippen LogP) is 8.96. The number of nitrogens with zero attached hydrogens (tertiary/aromatic N) is 1. The zero-order chi connectivity index (χ0) is 22.4. The summed E-state index contributed by atoms with van der Waals surface area (Å²) in [6.45, 7) is 5.96. The minimum Gasteiger partial charge on any atom is -0.456 e. The number of furan rings is 1. The van der Waals surface area contributed by atoms with Crippen LogP contribution in [0.3, 0.4) is 0 Å². The van der Waals surface area contributed by atoms with Gasteiger partial charge in [-0.25, -0.2) is 0 Å². The van der Waals surface area contributed by atoms with Crippen molar-refractivity contribution < 1.29 is 4.42 Å². The molecular weight excluding hydrogens is 402 g/mol. The van der Waals surface area contributed by atoms with E-state index in [-0.39, 0.29) is 0 Å². The maximum absolute atomic E-state index is 6.02. The Morgan fingerprint density at radius 3 is 2.21 bits per heavy atom. The maximum atomic E-state index is 6.02. The quantitative estimate of drug-likeness (QED) is 0.258. The smallest absolute Gasteiger partial charge is 0.135 e. The van der Waals surface area contributed by atoms with Crippen molar-refractivity contribution in [1.29, 1.82) is 0 Å². The number of fused-ring (bicyclic) bond motifs is 6. The Morgan fingerprint density at radius 1 is 0.727 bits per heavy atom. The van der Waals surface area contributed by atoms with Crippen molar-refractivity contribution in [1.82, 2.24) is 4.57 Å². The van der Waals surface area contributed by atoms with Gasteiger partial charge in [-0.15, -0.1) is 0 Å². The summed E-state index contributed by atoms with van der Waals surface area (Å²) in [7, 11) is 0. The van der Waals surface area contributed by atoms with E-state index in [0.29, 0.717) is 0 Å². The summed E-state index contributed by atoms with van der Waals surface area (Å²) in [4.78, 5) is 0. The van der Waals surface area contributed by atoms with Crippen LogP contribution in [0.1, 0.15) is 6.92 Å². The number of hydrogen-bond acceptors (Lipinski definition) is 1. The summed E-state index contributed by atoms with van der Waals surface area (Å²) in [5.74, 6) is 0. The van der Waals surface area contributed by atoms with Gasteiger partial charge in [0.1, 0.15) is 11.2 Å². The van der Waals surface area contributed by atoms with Crippen molar-refractivity contribution in [3.8, 4) is 11.1 Å². The molecule has 0 saturated heterocycles. The Morgan fingerprint density at radius 2 is 1.39 bits per heavy atom. The molecule has 0 fully saturated rings. The fourth-order valence-corrected chi connectivity index (χ4v) is 4.83. The van der Waals surface area contributed by atoms with E-state index in [9.17, 15) is 0 Å². The summed E-state index contributed by atoms with van der Waals surface area (Å²) in [6, 6.07) is 30.0. The normalized spacial score (nSPS) is 12.6. The molecule has 2 nitrogen and oxygen atoms in total. The van der Waals surface area contributed by atoms with Gasteiger partial charge in [0.05, 0.1) is 11.0 Å². The van der Waals surface area contributed by atoms with Gasteiger partial charge < -0.3 is 8.98 Å². The second-order valence-electron chi connectivity index (χ2n) is 8.22. The lowest BCUT2D eigenvalue weighted by atomic mass is 10.0. The van der Waals surface area contributed by atoms with Crippen LogP contribution in [0.2, 0.25) is 0 Å². The van der Waals surface area contributed by atoms with Gasteiger partial charge in [0, 0.05) is 27.2 Å². The average molecular weight is 426 g/mol. The molecule has 0 aliphatic rings. The second kappa shape index (κ2) is 7.68. The Labute approximate surface area is 192 Å². The largest absolute Gasteiger partial charge is 0.456 e. The van der Waals surface area contributed by atoms with Crippen LogP contribution in [0.4, 0.5) is 0 Å². The molecule has 0 spiro atoms. The Kier molecular flexibility index (Phi) is 4.51. The molecule has 0 saturated carbocycles. The van der Waals surface area contributed by atoms with E-state index in [2.05, 4.69) is 102 Å². The van der Waals surface area contributed by atoms with Crippen molar-refractivity contribution in [2.75, 3.05) is 0 Å². The molecule has 0 amide bonds. The lowest BCUT2D eigenvalue weighted by molar-refractivity contribution is 0.669. The molecule has 0 bridgehead atoms. The number of para-hydroxylation sites is 2. The van der Waals surface area contributed by atoms with Crippen LogP contribution in [0.15, 0.2) is 120 Å². The van der Waals surface area contributed by atoms with E-state index in [1.807, 2.05) is 25.1 Å². The van der Waals surface area contributed by atoms with Crippen molar-refractivity contribution >= 4 is 49.4 Å². The first-order chi connectivity index (χ1) is 16.3. The molecule has 0 aliphatic carbocycles. The Bertz CT molecular complexity index is 1740. The molecule has 0 atom stereocenters. The zero-order valence-electron chi connectivity index (χ0n) is 18.5. The van der Waals surface area contributed by atoms with Crippen molar-refractivity contribution in [2.45, 2.75) is 6.92 Å². The van der Waals surface area contributed by atoms with Gasteiger partial charge in [-0.3, -0.25) is 0 Å². The van der Waals surface area contributed by atoms with Crippen LogP contribution in [-0.4, -0.2) is 4.57 Å². The van der Waals surface area contributed by atoms with Crippen molar-refractivity contribution in [3.63, 3.8) is 0 Å². The number of allylic oxidation sites excluding steroid dienone is 5. The second-order valence-corrected chi connectivity index (χ2v) is 8.22. The molecule has 2 heteroatoms. The van der Waals surface area contributed by atoms with Crippen molar-refractivity contribution in [2.24, 2.45) is 0 Å². The van der Waals surface area contributed by atoms with E-state index in [0.717, 1.165) is 27.6 Å². The number of hydrogen-bond donors (Lipinski definition) is 0. The summed E-state index contributed by atoms with van der Waals surface area (Å²) < 4.78 is 8.33. The highest BCUT2D eigenvalue weighted by molar-refractivity contribution is 6.12. The zero-order valence-corrected chi connectivity index (χ0v) is 18.5. The van der Waals surface area contributed by atoms with Gasteiger partial charge in [-0.2, -0.15) is 0 Å². The van der Waals surface area contributed by atoms with E-state index in [1.165, 1.54) is 32.9 Å². The first-order valence-electron chi connectivity index (χ1n) is 11.2. The number of rotatable bonds is 4. The van der Waals surface area contributed by atoms with Gasteiger partial charge in [0.2, 0.25) is 0 Å². The third-order valence-electron chi connectivity index (χ3n) is 6.27. The first kappa shape index (κ1) is 19.4. The van der Waals surface area contributed by atoms with Crippen LogP contribution >= 0.6 is 0 Å². The highest BCUT2D eigenvalue weighted by atomic mass is 16.3. The highest BCUT2D eigenvalue weighted by Crippen LogP contribution is 2.37. The van der Waals surface area contributed by atoms with Gasteiger partial charge in [0.25, 0.3) is 0 Å². The highest BCUT2D eigenvalue weighted by Gasteiger charge is 2.14. The van der Waals surface area contributed by atoms with Gasteiger partial charge in [0.15, 0.2) is 0 Å². The third kappa shape index (κ3) is 3.03. The lowest BCUT2D eigenvalue weighted by Gasteiger charge is -2.09. The van der Waals surface area contributed by atoms with E-state index in [4.69, 9.17) is 4.42 Å². The molecule has 4 aromatic carbocycles. The molecule has 0 radical (unpaired) electrons. The van der Waals surface area contributed by atoms with Crippen LogP contribution in [0.5, 0.6) is 0 Å². The van der Waals surface area contributed by atoms with Gasteiger partial charge >= 0.3 is 0 Å². The standard InChI is InChI=1S/C31H23NO/c1-3-9-23(10-4-2)32-28-13-7-5-11-24(28)26-19-21(15-17-29(26)32)22-16-18-31-27(20-22)25-12-6-8-14-30(25)33-31/h3-20H,1H2,2H3/b10-4-,23-9+. The molecule has 33 heavy (non-hydrogen) atoms. The van der Waals surface area contributed by atoms with Gasteiger partial charge in [-0.1, -0.05) is 67.3 Å². The average Bonchev–Trinajstić information content (AvgIpc) is 3.39. The fraction of sp³-hybridized carbons (Fsp3) is 0.0323. The molecule has 6 rings (SSSR count). The number of aromatic nitrogens is 1. The molecule has 158 valence electrons. The van der Waals surface area contributed by atoms with Crippen LogP contribution in [0, 0.1) is 0 Å². The minimum atomic E-state index is 0.920. The monoisotopic (exact) mass is 425 g/mol. The molecule has 2 heterocycles. The van der Waals surface area contributed by atoms with E-state index < -0.39 is 0 Å². The molecule has 6 aromatic rings. The molecule has 0 unspecified atom stereocenters. The molecular formula is C31H23NO. The fourth-order valence-electron chi connectivity index (χ4n) is 4.83. The summed E-state index contributed by atoms with van der Waals surface area (Å²) in [6.07, 6.45) is 8.08. The molecule has 0 aliphatic heterocycles. The van der Waals surface area contributed by atoms with Gasteiger partial charge in [-0.05, 0) is 66.6 Å². The summed E-state index contributed by atoms with van der Waals surface area (Å²) in [5, 5.41) is 4.77. The first-order valence-corrected chi connectivity index (χ1v) is 11.2. The van der Waals surface area contributed by atoms with Crippen molar-refractivity contribution in [3.05, 3.63) is 116 Å². The maximum Gasteiger partial charge on any atom is 0.135 e. The Hall–Kier alpha value is -4.30. The topological polar surface area (TPSA) is 18.1 Å². The summed E-state index contributed by atoms with van der Waals surface area (Å²) in [5.41, 5.74) is 7.68. The van der Waals surface area contributed by atoms with Crippen LogP contribution in [-0.2, 0) is 0 Å². The third-order valence-corrected chi connectivity index (χ3v) is 6.27. The molecule has 2 aromatic heterocycles. The lowest BCUT2D eigenvalue weighted by Crippen LogP contribution is -1.94. The minimum absolute atomic E-state index is 0.920. The summed E-state index contributed by atoms with van der Waals surface area (Å²) >= 11 is 0. The van der Waals surface area contributed by atoms with Crippen LogP contribution < -0.4 is 0 Å². The van der Waals surface area contributed by atoms with E-state index >= 15 is 0 Å². The molecule has 0 N–H and O–H groups in total. The SMILES string of the molecule is C=C/C=C(\C=C/C)n1c2ccccc2c2cc(-c3ccc4oc5ccccc5c4c3)ccc21. The predicted molar refractivity (Wildman–Crippen MR) is 141 cm³/mol. The van der Waals surface area contributed by atoms with E-state index in [1.54, 1.807) is 0 Å².